The van der Waals surface area contributed by atoms with Gasteiger partial charge >= 0.3 is 0 Å². The number of primary sulfonamides is 1. The molecule has 2 amide bonds. The lowest BCUT2D eigenvalue weighted by Crippen LogP contribution is -2.39. The number of aryl methyl sites for hydroxylation is 1. The molecular formula is C17H17N3O5S. The molecule has 4 N–H and O–H groups in total. The molecule has 0 aliphatic carbocycles. The van der Waals surface area contributed by atoms with E-state index in [2.05, 4.69) is 10.6 Å². The van der Waals surface area contributed by atoms with Gasteiger partial charge in [-0.1, -0.05) is 18.2 Å². The van der Waals surface area contributed by atoms with Gasteiger partial charge in [-0.2, -0.15) is 0 Å². The Morgan fingerprint density at radius 1 is 1.27 bits per heavy atom. The van der Waals surface area contributed by atoms with Gasteiger partial charge in [-0.15, -0.1) is 0 Å². The lowest BCUT2D eigenvalue weighted by molar-refractivity contribution is -0.128. The van der Waals surface area contributed by atoms with E-state index < -0.39 is 27.9 Å². The summed E-state index contributed by atoms with van der Waals surface area (Å²) in [6.45, 7) is 1.60. The van der Waals surface area contributed by atoms with Crippen molar-refractivity contribution in [2.24, 2.45) is 5.14 Å². The van der Waals surface area contributed by atoms with E-state index in [9.17, 15) is 18.0 Å². The van der Waals surface area contributed by atoms with Gasteiger partial charge in [0.2, 0.25) is 15.9 Å². The normalized spacial score (nSPS) is 16.2. The van der Waals surface area contributed by atoms with Gasteiger partial charge < -0.3 is 15.4 Å². The summed E-state index contributed by atoms with van der Waals surface area (Å²) in [7, 11) is -3.90. The van der Waals surface area contributed by atoms with Gasteiger partial charge in [0.1, 0.15) is 5.75 Å². The highest BCUT2D eigenvalue weighted by molar-refractivity contribution is 7.89. The number of carbonyl (C=O) groups is 2. The van der Waals surface area contributed by atoms with E-state index in [1.54, 1.807) is 37.3 Å². The molecule has 0 bridgehead atoms. The third-order valence-corrected chi connectivity index (χ3v) is 4.91. The number of carbonyl (C=O) groups excluding carboxylic acids is 2. The summed E-state index contributed by atoms with van der Waals surface area (Å²) in [5.74, 6) is -0.432. The fraction of sp³-hybridized carbons (Fsp3) is 0.176. The average Bonchev–Trinajstić information content (AvgIpc) is 2.56. The van der Waals surface area contributed by atoms with Crippen LogP contribution in [0.5, 0.6) is 5.75 Å². The molecule has 0 aromatic heterocycles. The lowest BCUT2D eigenvalue weighted by atomic mass is 10.1. The second kappa shape index (κ2) is 6.77. The quantitative estimate of drug-likeness (QED) is 0.744. The third-order valence-electron chi connectivity index (χ3n) is 3.86. The van der Waals surface area contributed by atoms with Crippen molar-refractivity contribution in [2.75, 3.05) is 10.6 Å². The number of hydrogen-bond acceptors (Lipinski definition) is 5. The molecule has 0 fully saturated rings. The van der Waals surface area contributed by atoms with Gasteiger partial charge in [0.05, 0.1) is 17.0 Å². The van der Waals surface area contributed by atoms with Gasteiger partial charge in [-0.25, -0.2) is 13.6 Å². The van der Waals surface area contributed by atoms with Crippen LogP contribution >= 0.6 is 0 Å². The Labute approximate surface area is 150 Å². The predicted molar refractivity (Wildman–Crippen MR) is 95.3 cm³/mol. The predicted octanol–water partition coefficient (Wildman–Crippen LogP) is 1.37. The molecule has 8 nitrogen and oxygen atoms in total. The highest BCUT2D eigenvalue weighted by Crippen LogP contribution is 2.29. The van der Waals surface area contributed by atoms with Crippen molar-refractivity contribution in [1.29, 1.82) is 0 Å². The smallest absolute Gasteiger partial charge is 0.266 e. The highest BCUT2D eigenvalue weighted by Gasteiger charge is 2.29. The van der Waals surface area contributed by atoms with E-state index in [0.717, 1.165) is 0 Å². The van der Waals surface area contributed by atoms with E-state index >= 15 is 0 Å². The molecule has 1 atom stereocenters. The topological polar surface area (TPSA) is 128 Å². The monoisotopic (exact) mass is 375 g/mol. The largest absolute Gasteiger partial charge is 0.478 e. The van der Waals surface area contributed by atoms with Crippen LogP contribution in [0.4, 0.5) is 11.4 Å². The van der Waals surface area contributed by atoms with Crippen molar-refractivity contribution < 1.29 is 22.7 Å². The van der Waals surface area contributed by atoms with Gasteiger partial charge in [0.25, 0.3) is 5.91 Å². The molecule has 3 rings (SSSR count). The molecule has 0 spiro atoms. The zero-order chi connectivity index (χ0) is 18.9. The van der Waals surface area contributed by atoms with Crippen LogP contribution in [0.25, 0.3) is 0 Å². The maximum absolute atomic E-state index is 12.2. The van der Waals surface area contributed by atoms with E-state index in [1.165, 1.54) is 12.1 Å². The number of sulfonamides is 1. The van der Waals surface area contributed by atoms with Crippen LogP contribution in [-0.2, 0) is 19.6 Å². The first-order valence-corrected chi connectivity index (χ1v) is 9.28. The van der Waals surface area contributed by atoms with Gasteiger partial charge in [0, 0.05) is 5.69 Å². The van der Waals surface area contributed by atoms with Crippen LogP contribution in [0, 0.1) is 6.92 Å². The standard InChI is InChI=1S/C17H17N3O5S/c1-10-6-7-11(8-15(10)26(18,23)24)19-16(21)9-14-17(22)20-12-4-2-3-5-13(12)25-14/h2-8,14H,9H2,1H3,(H,19,21)(H,20,22)(H2,18,23,24)/t14-/m1/s1. The SMILES string of the molecule is Cc1ccc(NC(=O)C[C@H]2Oc3ccccc3NC2=O)cc1S(N)(=O)=O. The van der Waals surface area contributed by atoms with Crippen LogP contribution in [0.2, 0.25) is 0 Å². The van der Waals surface area contributed by atoms with Crippen LogP contribution in [0.15, 0.2) is 47.4 Å². The number of para-hydroxylation sites is 2. The highest BCUT2D eigenvalue weighted by atomic mass is 32.2. The van der Waals surface area contributed by atoms with Crippen LogP contribution in [-0.4, -0.2) is 26.3 Å². The number of nitrogens with one attached hydrogen (secondary N) is 2. The minimum absolute atomic E-state index is 0.0733. The molecule has 136 valence electrons. The van der Waals surface area contributed by atoms with Gasteiger partial charge in [-0.05, 0) is 36.8 Å². The molecule has 0 unspecified atom stereocenters. The summed E-state index contributed by atoms with van der Waals surface area (Å²) in [5.41, 5.74) is 1.28. The molecule has 1 heterocycles. The molecule has 2 aromatic rings. The van der Waals surface area contributed by atoms with Crippen molar-refractivity contribution in [3.63, 3.8) is 0 Å². The second-order valence-corrected chi connectivity index (χ2v) is 7.40. The van der Waals surface area contributed by atoms with Crippen molar-refractivity contribution in [3.05, 3.63) is 48.0 Å². The summed E-state index contributed by atoms with van der Waals surface area (Å²) < 4.78 is 28.7. The summed E-state index contributed by atoms with van der Waals surface area (Å²) in [4.78, 5) is 24.2. The Morgan fingerprint density at radius 3 is 2.73 bits per heavy atom. The number of nitrogens with two attached hydrogens (primary N) is 1. The van der Waals surface area contributed by atoms with Crippen LogP contribution < -0.4 is 20.5 Å². The summed E-state index contributed by atoms with van der Waals surface area (Å²) >= 11 is 0. The Morgan fingerprint density at radius 2 is 2.00 bits per heavy atom. The van der Waals surface area contributed by atoms with Crippen molar-refractivity contribution in [2.45, 2.75) is 24.3 Å². The lowest BCUT2D eigenvalue weighted by Gasteiger charge is -2.25. The second-order valence-electron chi connectivity index (χ2n) is 5.87. The number of ether oxygens (including phenoxy) is 1. The maximum atomic E-state index is 12.2. The Balaban J connectivity index is 1.71. The fourth-order valence-electron chi connectivity index (χ4n) is 2.59. The molecule has 2 aromatic carbocycles. The van der Waals surface area contributed by atoms with Gasteiger partial charge in [0.15, 0.2) is 6.10 Å². The zero-order valence-electron chi connectivity index (χ0n) is 13.9. The Bertz CT molecular complexity index is 988. The first-order valence-electron chi connectivity index (χ1n) is 7.74. The molecule has 1 aliphatic rings. The first-order chi connectivity index (χ1) is 12.2. The van der Waals surface area contributed by atoms with Crippen LogP contribution in [0.3, 0.4) is 0 Å². The maximum Gasteiger partial charge on any atom is 0.266 e. The molecule has 0 saturated heterocycles. The number of rotatable bonds is 4. The average molecular weight is 375 g/mol. The van der Waals surface area contributed by atoms with E-state index in [-0.39, 0.29) is 17.0 Å². The molecule has 9 heteroatoms. The van der Waals surface area contributed by atoms with Crippen molar-refractivity contribution in [3.8, 4) is 5.75 Å². The molecule has 0 saturated carbocycles. The Kier molecular flexibility index (Phi) is 4.66. The number of hydrogen-bond donors (Lipinski definition) is 3. The zero-order valence-corrected chi connectivity index (χ0v) is 14.7. The molecule has 0 radical (unpaired) electrons. The van der Waals surface area contributed by atoms with E-state index in [0.29, 0.717) is 17.0 Å². The number of amides is 2. The molecular weight excluding hydrogens is 358 g/mol. The summed E-state index contributed by atoms with van der Waals surface area (Å²) in [6, 6.07) is 11.3. The number of fused-ring (bicyclic) bond motifs is 1. The first kappa shape index (κ1) is 17.9. The van der Waals surface area contributed by atoms with Crippen molar-refractivity contribution in [1.82, 2.24) is 0 Å². The summed E-state index contributed by atoms with van der Waals surface area (Å²) in [5, 5.41) is 10.4. The van der Waals surface area contributed by atoms with Crippen LogP contribution in [0.1, 0.15) is 12.0 Å². The fourth-order valence-corrected chi connectivity index (χ4v) is 3.40. The number of anilines is 2. The van der Waals surface area contributed by atoms with Crippen molar-refractivity contribution >= 4 is 33.2 Å². The Hall–Kier alpha value is -2.91. The summed E-state index contributed by atoms with van der Waals surface area (Å²) in [6.07, 6.45) is -1.20. The molecule has 26 heavy (non-hydrogen) atoms. The minimum Gasteiger partial charge on any atom is -0.478 e. The molecule has 1 aliphatic heterocycles. The van der Waals surface area contributed by atoms with E-state index in [4.69, 9.17) is 9.88 Å². The van der Waals surface area contributed by atoms with E-state index in [1.807, 2.05) is 0 Å². The van der Waals surface area contributed by atoms with Gasteiger partial charge in [-0.3, -0.25) is 9.59 Å². The third kappa shape index (κ3) is 3.84. The minimum atomic E-state index is -3.90. The number of benzene rings is 2.